The van der Waals surface area contributed by atoms with E-state index in [9.17, 15) is 13.2 Å². The molecule has 176 valence electrons. The molecule has 0 aliphatic carbocycles. The van der Waals surface area contributed by atoms with Gasteiger partial charge in [0.1, 0.15) is 16.4 Å². The Hall–Kier alpha value is -2.18. The summed E-state index contributed by atoms with van der Waals surface area (Å²) in [5, 5.41) is 0.227. The minimum absolute atomic E-state index is 0.0189. The molecule has 10 heteroatoms. The first-order valence-corrected chi connectivity index (χ1v) is 13.6. The molecule has 0 fully saturated rings. The van der Waals surface area contributed by atoms with Gasteiger partial charge in [-0.05, 0) is 78.8 Å². The fraction of sp³-hybridized carbons (Fsp3) is 0.304. The van der Waals surface area contributed by atoms with Crippen molar-refractivity contribution in [2.24, 2.45) is 0 Å². The van der Waals surface area contributed by atoms with Gasteiger partial charge in [0, 0.05) is 3.57 Å². The van der Waals surface area contributed by atoms with E-state index >= 15 is 0 Å². The fourth-order valence-electron chi connectivity index (χ4n) is 2.95. The van der Waals surface area contributed by atoms with Crippen LogP contribution in [0.5, 0.6) is 5.75 Å². The van der Waals surface area contributed by atoms with Gasteiger partial charge in [-0.15, -0.1) is 11.3 Å². The van der Waals surface area contributed by atoms with Crippen LogP contribution in [0.4, 0.5) is 5.00 Å². The Labute approximate surface area is 211 Å². The number of nitrogens with zero attached hydrogens (tertiary/aromatic N) is 2. The second-order valence-corrected chi connectivity index (χ2v) is 12.2. The summed E-state index contributed by atoms with van der Waals surface area (Å²) in [5.41, 5.74) is 2.09. The molecule has 7 nitrogen and oxygen atoms in total. The first-order valence-electron chi connectivity index (χ1n) is 10.0. The van der Waals surface area contributed by atoms with Gasteiger partial charge in [-0.2, -0.15) is 0 Å². The van der Waals surface area contributed by atoms with Crippen LogP contribution in [0.2, 0.25) is 0 Å². The van der Waals surface area contributed by atoms with Crippen molar-refractivity contribution in [3.8, 4) is 5.75 Å². The third kappa shape index (κ3) is 6.90. The molecule has 0 aliphatic heterocycles. The monoisotopic (exact) mass is 600 g/mol. The molecule has 3 aromatic rings. The second kappa shape index (κ2) is 10.4. The van der Waals surface area contributed by atoms with Crippen molar-refractivity contribution in [3.05, 3.63) is 74.4 Å². The molecule has 33 heavy (non-hydrogen) atoms. The van der Waals surface area contributed by atoms with Crippen LogP contribution in [-0.2, 0) is 27.1 Å². The molecule has 0 amide bonds. The molecule has 0 saturated carbocycles. The van der Waals surface area contributed by atoms with Crippen molar-refractivity contribution in [1.82, 2.24) is 4.98 Å². The van der Waals surface area contributed by atoms with Crippen LogP contribution in [0.15, 0.2) is 54.0 Å². The zero-order valence-electron chi connectivity index (χ0n) is 18.7. The average molecular weight is 601 g/mol. The molecule has 3 rings (SSSR count). The third-order valence-corrected chi connectivity index (χ3v) is 7.81. The van der Waals surface area contributed by atoms with Crippen LogP contribution in [0, 0.1) is 3.57 Å². The van der Waals surface area contributed by atoms with Gasteiger partial charge in [0.05, 0.1) is 24.9 Å². The number of ether oxygens (including phenoxy) is 2. The molecule has 1 heterocycles. The first kappa shape index (κ1) is 25.4. The van der Waals surface area contributed by atoms with E-state index < -0.39 is 21.6 Å². The smallest absolute Gasteiger partial charge is 0.360 e. The summed E-state index contributed by atoms with van der Waals surface area (Å²) >= 11 is 3.26. The van der Waals surface area contributed by atoms with E-state index in [0.717, 1.165) is 20.5 Å². The van der Waals surface area contributed by atoms with Gasteiger partial charge in [0.15, 0.2) is 5.69 Å². The van der Waals surface area contributed by atoms with Crippen LogP contribution in [0.1, 0.15) is 42.4 Å². The van der Waals surface area contributed by atoms with E-state index in [4.69, 9.17) is 9.47 Å². The van der Waals surface area contributed by atoms with E-state index in [1.54, 1.807) is 64.3 Å². The highest BCUT2D eigenvalue weighted by molar-refractivity contribution is 14.1. The van der Waals surface area contributed by atoms with E-state index in [1.165, 1.54) is 9.82 Å². The molecule has 0 N–H and O–H groups in total. The molecular formula is C23H25IN2O5S2. The summed E-state index contributed by atoms with van der Waals surface area (Å²) in [6, 6.07) is 14.4. The van der Waals surface area contributed by atoms with Crippen LogP contribution in [0.25, 0.3) is 0 Å². The number of benzene rings is 2. The number of hydrogen-bond donors (Lipinski definition) is 0. The predicted octanol–water partition coefficient (Wildman–Crippen LogP) is 5.25. The molecule has 0 bridgehead atoms. The van der Waals surface area contributed by atoms with Gasteiger partial charge < -0.3 is 9.47 Å². The minimum atomic E-state index is -3.86. The molecule has 0 aliphatic rings. The third-order valence-electron chi connectivity index (χ3n) is 4.45. The summed E-state index contributed by atoms with van der Waals surface area (Å²) in [6.45, 7) is 5.29. The zero-order chi connectivity index (χ0) is 24.2. The lowest BCUT2D eigenvalue weighted by molar-refractivity contribution is 0.00646. The van der Waals surface area contributed by atoms with Crippen LogP contribution in [0.3, 0.4) is 0 Å². The van der Waals surface area contributed by atoms with Gasteiger partial charge in [0.2, 0.25) is 10.0 Å². The topological polar surface area (TPSA) is 85.8 Å². The predicted molar refractivity (Wildman–Crippen MR) is 138 cm³/mol. The molecular weight excluding hydrogens is 575 g/mol. The Morgan fingerprint density at radius 3 is 2.24 bits per heavy atom. The molecule has 0 atom stereocenters. The van der Waals surface area contributed by atoms with Crippen molar-refractivity contribution in [2.45, 2.75) is 38.7 Å². The van der Waals surface area contributed by atoms with Crippen LogP contribution >= 0.6 is 33.9 Å². The lowest BCUT2D eigenvalue weighted by Crippen LogP contribution is -2.33. The number of thiazole rings is 1. The lowest BCUT2D eigenvalue weighted by Gasteiger charge is -2.25. The number of carbonyl (C=O) groups excluding carboxylic acids is 1. The summed E-state index contributed by atoms with van der Waals surface area (Å²) in [6.07, 6.45) is 0. The number of aromatic nitrogens is 1. The first-order chi connectivity index (χ1) is 15.5. The van der Waals surface area contributed by atoms with Crippen molar-refractivity contribution in [1.29, 1.82) is 0 Å². The normalized spacial score (nSPS) is 11.8. The van der Waals surface area contributed by atoms with Crippen molar-refractivity contribution in [3.63, 3.8) is 0 Å². The van der Waals surface area contributed by atoms with Crippen molar-refractivity contribution in [2.75, 3.05) is 11.4 Å². The number of sulfonamides is 1. The molecule has 0 saturated heterocycles. The maximum absolute atomic E-state index is 13.6. The Morgan fingerprint density at radius 2 is 1.67 bits per heavy atom. The molecule has 0 spiro atoms. The Balaban J connectivity index is 2.01. The number of rotatable bonds is 8. The van der Waals surface area contributed by atoms with Gasteiger partial charge >= 0.3 is 5.97 Å². The number of halogens is 1. The highest BCUT2D eigenvalue weighted by Gasteiger charge is 2.31. The van der Waals surface area contributed by atoms with Gasteiger partial charge in [-0.3, -0.25) is 4.31 Å². The Kier molecular flexibility index (Phi) is 8.01. The maximum Gasteiger partial charge on any atom is 0.360 e. The van der Waals surface area contributed by atoms with Crippen molar-refractivity contribution >= 4 is 54.9 Å². The SMILES string of the molecule is COc1ccc(CN(c2scnc2C(=O)OC(C)(C)C)S(=O)(=O)Cc2ccc(I)cc2)cc1. The van der Waals surface area contributed by atoms with E-state index in [2.05, 4.69) is 27.6 Å². The van der Waals surface area contributed by atoms with Gasteiger partial charge in [0.25, 0.3) is 0 Å². The van der Waals surface area contributed by atoms with Crippen molar-refractivity contribution < 1.29 is 22.7 Å². The van der Waals surface area contributed by atoms with E-state index in [1.807, 2.05) is 12.1 Å². The standard InChI is InChI=1S/C23H25IN2O5S2/c1-23(2,3)31-22(27)20-21(32-15-25-20)26(13-16-7-11-19(30-4)12-8-16)33(28,29)14-17-5-9-18(24)10-6-17/h5-12,15H,13-14H2,1-4H3. The number of methoxy groups -OCH3 is 1. The molecule has 0 unspecified atom stereocenters. The Morgan fingerprint density at radius 1 is 1.06 bits per heavy atom. The van der Waals surface area contributed by atoms with Crippen LogP contribution in [-0.4, -0.2) is 32.1 Å². The number of esters is 1. The van der Waals surface area contributed by atoms with E-state index in [-0.39, 0.29) is 23.0 Å². The number of carbonyl (C=O) groups is 1. The highest BCUT2D eigenvalue weighted by atomic mass is 127. The summed E-state index contributed by atoms with van der Waals surface area (Å²) in [4.78, 5) is 16.9. The number of hydrogen-bond acceptors (Lipinski definition) is 7. The fourth-order valence-corrected chi connectivity index (χ4v) is 5.92. The highest BCUT2D eigenvalue weighted by Crippen LogP contribution is 2.32. The summed E-state index contributed by atoms with van der Waals surface area (Å²) in [7, 11) is -2.30. The quantitative estimate of drug-likeness (QED) is 0.260. The molecule has 1 aromatic heterocycles. The van der Waals surface area contributed by atoms with Gasteiger partial charge in [-0.25, -0.2) is 18.2 Å². The number of anilines is 1. The average Bonchev–Trinajstić information content (AvgIpc) is 3.22. The van der Waals surface area contributed by atoms with E-state index in [0.29, 0.717) is 11.3 Å². The molecule has 0 radical (unpaired) electrons. The largest absolute Gasteiger partial charge is 0.497 e. The van der Waals surface area contributed by atoms with Gasteiger partial charge in [-0.1, -0.05) is 24.3 Å². The minimum Gasteiger partial charge on any atom is -0.497 e. The summed E-state index contributed by atoms with van der Waals surface area (Å²) < 4.78 is 40.1. The van der Waals surface area contributed by atoms with Crippen LogP contribution < -0.4 is 9.04 Å². The lowest BCUT2D eigenvalue weighted by atomic mass is 10.2. The Bertz CT molecular complexity index is 1200. The summed E-state index contributed by atoms with van der Waals surface area (Å²) in [5.74, 6) is -0.214. The maximum atomic E-state index is 13.6. The molecule has 2 aromatic carbocycles. The second-order valence-electron chi connectivity index (χ2n) is 8.25. The zero-order valence-corrected chi connectivity index (χ0v) is 22.5.